The van der Waals surface area contributed by atoms with Gasteiger partial charge < -0.3 is 9.73 Å². The third kappa shape index (κ3) is 3.35. The van der Waals surface area contributed by atoms with Crippen LogP contribution in [0.15, 0.2) is 101 Å². The van der Waals surface area contributed by atoms with E-state index >= 15 is 0 Å². The van der Waals surface area contributed by atoms with E-state index in [4.69, 9.17) is 4.42 Å². The summed E-state index contributed by atoms with van der Waals surface area (Å²) in [6.45, 7) is 0. The molecule has 0 atom stereocenters. The lowest BCUT2D eigenvalue weighted by Gasteiger charge is -2.13. The molecule has 0 saturated heterocycles. The molecule has 0 aliphatic carbocycles. The molecule has 5 heteroatoms. The van der Waals surface area contributed by atoms with Crippen molar-refractivity contribution in [3.05, 3.63) is 96.8 Å². The van der Waals surface area contributed by atoms with Gasteiger partial charge in [-0.25, -0.2) is 9.97 Å². The zero-order chi connectivity index (χ0) is 20.6. The van der Waals surface area contributed by atoms with Crippen molar-refractivity contribution in [2.24, 2.45) is 0 Å². The Morgan fingerprint density at radius 3 is 2.48 bits per heavy atom. The van der Waals surface area contributed by atoms with Crippen molar-refractivity contribution in [2.45, 2.75) is 0 Å². The van der Waals surface area contributed by atoms with Crippen LogP contribution in [0.1, 0.15) is 0 Å². The van der Waals surface area contributed by atoms with Crippen molar-refractivity contribution in [3.63, 3.8) is 0 Å². The first-order chi connectivity index (χ1) is 15.3. The lowest BCUT2D eigenvalue weighted by atomic mass is 10.0. The Balaban J connectivity index is 1.30. The Labute approximate surface area is 182 Å². The molecule has 0 unspecified atom stereocenters. The summed E-state index contributed by atoms with van der Waals surface area (Å²) < 4.78 is 6.53. The fourth-order valence-electron chi connectivity index (χ4n) is 3.81. The predicted octanol–water partition coefficient (Wildman–Crippen LogP) is 7.52. The monoisotopic (exact) mass is 419 g/mol. The average molecular weight is 420 g/mol. The highest BCUT2D eigenvalue weighted by Gasteiger charge is 2.08. The first kappa shape index (κ1) is 17.9. The minimum absolute atomic E-state index is 0.801. The van der Waals surface area contributed by atoms with E-state index in [1.807, 2.05) is 17.6 Å². The number of rotatable bonds is 4. The van der Waals surface area contributed by atoms with Crippen molar-refractivity contribution < 1.29 is 4.42 Å². The lowest BCUT2D eigenvalue weighted by molar-refractivity contribution is 0.602. The van der Waals surface area contributed by atoms with E-state index < -0.39 is 0 Å². The Kier molecular flexibility index (Phi) is 4.25. The maximum Gasteiger partial charge on any atom is 0.181 e. The predicted molar refractivity (Wildman–Crippen MR) is 128 cm³/mol. The number of nitrogens with one attached hydrogen (secondary N) is 1. The molecule has 148 valence electrons. The fourth-order valence-corrected chi connectivity index (χ4v) is 4.52. The van der Waals surface area contributed by atoms with Crippen LogP contribution in [-0.2, 0) is 0 Å². The van der Waals surface area contributed by atoms with Crippen LogP contribution >= 0.6 is 11.3 Å². The number of nitrogens with zero attached hydrogens (tertiary/aromatic N) is 2. The second-order valence-electron chi connectivity index (χ2n) is 7.32. The number of anilines is 2. The van der Waals surface area contributed by atoms with Gasteiger partial charge in [0.2, 0.25) is 0 Å². The third-order valence-corrected chi connectivity index (χ3v) is 6.19. The summed E-state index contributed by atoms with van der Waals surface area (Å²) in [5.74, 6) is 0. The van der Waals surface area contributed by atoms with Gasteiger partial charge in [0.25, 0.3) is 0 Å². The van der Waals surface area contributed by atoms with Gasteiger partial charge in [-0.15, -0.1) is 11.3 Å². The molecular formula is C26H17N3OS. The molecule has 6 aromatic rings. The number of para-hydroxylation sites is 1. The molecular weight excluding hydrogens is 402 g/mol. The third-order valence-electron chi connectivity index (χ3n) is 5.40. The van der Waals surface area contributed by atoms with Crippen LogP contribution in [0.5, 0.6) is 0 Å². The number of thiazole rings is 1. The smallest absolute Gasteiger partial charge is 0.181 e. The Morgan fingerprint density at radius 2 is 1.55 bits per heavy atom. The molecule has 0 bridgehead atoms. The van der Waals surface area contributed by atoms with E-state index in [2.05, 4.69) is 88.1 Å². The number of hydrogen-bond acceptors (Lipinski definition) is 5. The van der Waals surface area contributed by atoms with E-state index in [-0.39, 0.29) is 0 Å². The van der Waals surface area contributed by atoms with Gasteiger partial charge in [-0.05, 0) is 59.2 Å². The summed E-state index contributed by atoms with van der Waals surface area (Å²) in [5.41, 5.74) is 11.3. The van der Waals surface area contributed by atoms with Crippen LogP contribution < -0.4 is 5.32 Å². The Morgan fingerprint density at radius 1 is 0.710 bits per heavy atom. The van der Waals surface area contributed by atoms with Gasteiger partial charge in [0.15, 0.2) is 12.0 Å². The Bertz CT molecular complexity index is 1520. The molecule has 0 aliphatic rings. The highest BCUT2D eigenvalue weighted by molar-refractivity contribution is 7.16. The zero-order valence-corrected chi connectivity index (χ0v) is 17.3. The van der Waals surface area contributed by atoms with Crippen molar-refractivity contribution in [3.8, 4) is 22.3 Å². The zero-order valence-electron chi connectivity index (χ0n) is 16.4. The standard InChI is InChI=1S/C26H17N3OS/c1-2-4-22(21(3-1)19-7-11-23-26(14-19)31-16-28-23)29-20-9-5-17(6-10-20)18-8-12-25-24(13-18)27-15-30-25/h1-16,29H. The van der Waals surface area contributed by atoms with Gasteiger partial charge in [0.05, 0.1) is 15.7 Å². The summed E-state index contributed by atoms with van der Waals surface area (Å²) in [6, 6.07) is 29.3. The summed E-state index contributed by atoms with van der Waals surface area (Å²) in [4.78, 5) is 8.63. The lowest BCUT2D eigenvalue weighted by Crippen LogP contribution is -1.93. The summed E-state index contributed by atoms with van der Waals surface area (Å²) in [6.07, 6.45) is 1.48. The van der Waals surface area contributed by atoms with Crippen LogP contribution in [-0.4, -0.2) is 9.97 Å². The minimum Gasteiger partial charge on any atom is -0.443 e. The molecule has 4 aromatic carbocycles. The summed E-state index contributed by atoms with van der Waals surface area (Å²) in [7, 11) is 0. The molecule has 0 aliphatic heterocycles. The van der Waals surface area contributed by atoms with E-state index in [0.29, 0.717) is 0 Å². The molecule has 0 fully saturated rings. The SMILES string of the molecule is c1ccc(-c2ccc3ncsc3c2)c(Nc2ccc(-c3ccc4ocnc4c3)cc2)c1. The van der Waals surface area contributed by atoms with Crippen molar-refractivity contribution in [1.29, 1.82) is 0 Å². The maximum absolute atomic E-state index is 5.34. The van der Waals surface area contributed by atoms with Gasteiger partial charge in [-0.3, -0.25) is 0 Å². The van der Waals surface area contributed by atoms with Crippen molar-refractivity contribution in [2.75, 3.05) is 5.32 Å². The molecule has 31 heavy (non-hydrogen) atoms. The highest BCUT2D eigenvalue weighted by Crippen LogP contribution is 2.33. The molecule has 0 spiro atoms. The number of benzene rings is 4. The number of hydrogen-bond donors (Lipinski definition) is 1. The van der Waals surface area contributed by atoms with Crippen LogP contribution in [0, 0.1) is 0 Å². The van der Waals surface area contributed by atoms with Crippen molar-refractivity contribution >= 4 is 44.0 Å². The number of aromatic nitrogens is 2. The van der Waals surface area contributed by atoms with Crippen LogP contribution in [0.4, 0.5) is 11.4 Å². The molecule has 1 N–H and O–H groups in total. The molecule has 2 heterocycles. The highest BCUT2D eigenvalue weighted by atomic mass is 32.1. The van der Waals surface area contributed by atoms with Crippen molar-refractivity contribution in [1.82, 2.24) is 9.97 Å². The van der Waals surface area contributed by atoms with Crippen LogP contribution in [0.25, 0.3) is 43.6 Å². The second kappa shape index (κ2) is 7.38. The minimum atomic E-state index is 0.801. The second-order valence-corrected chi connectivity index (χ2v) is 8.20. The molecule has 2 aromatic heterocycles. The Hall–Kier alpha value is -3.96. The van der Waals surface area contributed by atoms with Gasteiger partial charge in [0, 0.05) is 16.9 Å². The quantitative estimate of drug-likeness (QED) is 0.321. The molecule has 0 saturated carbocycles. The number of oxazole rings is 1. The van der Waals surface area contributed by atoms with Gasteiger partial charge in [0.1, 0.15) is 5.52 Å². The van der Waals surface area contributed by atoms with E-state index in [0.717, 1.165) is 39.1 Å². The summed E-state index contributed by atoms with van der Waals surface area (Å²) >= 11 is 1.66. The van der Waals surface area contributed by atoms with E-state index in [1.165, 1.54) is 22.2 Å². The number of fused-ring (bicyclic) bond motifs is 2. The molecule has 0 amide bonds. The fraction of sp³-hybridized carbons (Fsp3) is 0. The van der Waals surface area contributed by atoms with Gasteiger partial charge >= 0.3 is 0 Å². The molecule has 0 radical (unpaired) electrons. The van der Waals surface area contributed by atoms with Crippen LogP contribution in [0.3, 0.4) is 0 Å². The van der Waals surface area contributed by atoms with Crippen LogP contribution in [0.2, 0.25) is 0 Å². The van der Waals surface area contributed by atoms with E-state index in [9.17, 15) is 0 Å². The molecule has 4 nitrogen and oxygen atoms in total. The van der Waals surface area contributed by atoms with E-state index in [1.54, 1.807) is 11.3 Å². The average Bonchev–Trinajstić information content (AvgIpc) is 3.48. The van der Waals surface area contributed by atoms with Gasteiger partial charge in [-0.2, -0.15) is 0 Å². The first-order valence-electron chi connectivity index (χ1n) is 9.97. The first-order valence-corrected chi connectivity index (χ1v) is 10.8. The maximum atomic E-state index is 5.34. The largest absolute Gasteiger partial charge is 0.443 e. The molecule has 6 rings (SSSR count). The normalized spacial score (nSPS) is 11.2. The van der Waals surface area contributed by atoms with Gasteiger partial charge in [-0.1, -0.05) is 42.5 Å². The summed E-state index contributed by atoms with van der Waals surface area (Å²) in [5, 5.41) is 3.58. The topological polar surface area (TPSA) is 51.0 Å².